The van der Waals surface area contributed by atoms with Crippen molar-refractivity contribution in [3.63, 3.8) is 0 Å². The van der Waals surface area contributed by atoms with Gasteiger partial charge in [0, 0.05) is 16.2 Å². The molecule has 1 aromatic heterocycles. The molecule has 1 aromatic carbocycles. The lowest BCUT2D eigenvalue weighted by atomic mass is 9.98. The van der Waals surface area contributed by atoms with E-state index < -0.39 is 0 Å². The Morgan fingerprint density at radius 2 is 2.10 bits per heavy atom. The summed E-state index contributed by atoms with van der Waals surface area (Å²) in [6, 6.07) is 10.4. The van der Waals surface area contributed by atoms with Crippen molar-refractivity contribution in [2.24, 2.45) is 0 Å². The zero-order chi connectivity index (χ0) is 14.5. The van der Waals surface area contributed by atoms with Crippen LogP contribution in [-0.4, -0.2) is 11.5 Å². The van der Waals surface area contributed by atoms with Gasteiger partial charge in [0.2, 0.25) is 0 Å². The number of hydrogen-bond acceptors (Lipinski definition) is 3. The second kappa shape index (κ2) is 6.86. The summed E-state index contributed by atoms with van der Waals surface area (Å²) in [6.45, 7) is 5.17. The number of anilines is 1. The zero-order valence-electron chi connectivity index (χ0n) is 11.9. The van der Waals surface area contributed by atoms with Gasteiger partial charge in [-0.05, 0) is 43.1 Å². The molecule has 20 heavy (non-hydrogen) atoms. The zero-order valence-corrected chi connectivity index (χ0v) is 13.4. The van der Waals surface area contributed by atoms with Gasteiger partial charge in [-0.2, -0.15) is 0 Å². The molecular weight excluding hydrogens is 314 g/mol. The van der Waals surface area contributed by atoms with Gasteiger partial charge in [-0.15, -0.1) is 0 Å². The van der Waals surface area contributed by atoms with E-state index in [9.17, 15) is 0 Å². The van der Waals surface area contributed by atoms with Crippen LogP contribution in [0.5, 0.6) is 0 Å². The van der Waals surface area contributed by atoms with Gasteiger partial charge in [0.25, 0.3) is 0 Å². The van der Waals surface area contributed by atoms with Crippen molar-refractivity contribution in [3.05, 3.63) is 57.7 Å². The van der Waals surface area contributed by atoms with Crippen LogP contribution in [0.3, 0.4) is 0 Å². The number of benzene rings is 1. The van der Waals surface area contributed by atoms with Gasteiger partial charge >= 0.3 is 0 Å². The second-order valence-electron chi connectivity index (χ2n) is 4.89. The predicted octanol–water partition coefficient (Wildman–Crippen LogP) is 3.82. The maximum atomic E-state index is 6.04. The first-order chi connectivity index (χ1) is 9.63. The average Bonchev–Trinajstić information content (AvgIpc) is 2.42. The van der Waals surface area contributed by atoms with Crippen LogP contribution in [0.25, 0.3) is 0 Å². The number of hydrogen-bond donors (Lipinski definition) is 2. The molecule has 0 spiro atoms. The Kier molecular flexibility index (Phi) is 5.15. The number of nitrogens with zero attached hydrogens (tertiary/aromatic N) is 1. The third-order valence-corrected chi connectivity index (χ3v) is 3.93. The number of nitrogen functional groups attached to an aromatic ring is 1. The summed E-state index contributed by atoms with van der Waals surface area (Å²) in [6.07, 6.45) is 2.79. The maximum absolute atomic E-state index is 6.04. The number of nitrogens with one attached hydrogen (secondary N) is 1. The Morgan fingerprint density at radius 1 is 1.30 bits per heavy atom. The third-order valence-electron chi connectivity index (χ3n) is 3.25. The number of aromatic nitrogens is 1. The van der Waals surface area contributed by atoms with Gasteiger partial charge in [-0.25, -0.2) is 4.98 Å². The Bertz CT molecular complexity index is 584. The van der Waals surface area contributed by atoms with Crippen molar-refractivity contribution < 1.29 is 0 Å². The lowest BCUT2D eigenvalue weighted by Gasteiger charge is -2.22. The fraction of sp³-hybridized carbons (Fsp3) is 0.312. The van der Waals surface area contributed by atoms with Gasteiger partial charge < -0.3 is 11.1 Å². The quantitative estimate of drug-likeness (QED) is 0.874. The molecule has 0 fully saturated rings. The third kappa shape index (κ3) is 3.38. The Morgan fingerprint density at radius 3 is 2.75 bits per heavy atom. The minimum absolute atomic E-state index is 0.0543. The van der Waals surface area contributed by atoms with Crippen molar-refractivity contribution in [2.75, 3.05) is 12.3 Å². The fourth-order valence-corrected chi connectivity index (χ4v) is 2.94. The molecule has 0 saturated heterocycles. The lowest BCUT2D eigenvalue weighted by molar-refractivity contribution is 0.597. The van der Waals surface area contributed by atoms with Crippen molar-refractivity contribution in [1.82, 2.24) is 10.3 Å². The molecule has 0 bridgehead atoms. The van der Waals surface area contributed by atoms with Crippen LogP contribution in [0, 0.1) is 6.92 Å². The van der Waals surface area contributed by atoms with E-state index in [0.29, 0.717) is 5.82 Å². The van der Waals surface area contributed by atoms with Crippen molar-refractivity contribution in [2.45, 2.75) is 26.3 Å². The number of halogens is 1. The maximum Gasteiger partial charge on any atom is 0.128 e. The summed E-state index contributed by atoms with van der Waals surface area (Å²) < 4.78 is 1.09. The molecule has 106 valence electrons. The molecule has 4 heteroatoms. The minimum Gasteiger partial charge on any atom is -0.383 e. The first kappa shape index (κ1) is 15.0. The fourth-order valence-electron chi connectivity index (χ4n) is 2.22. The van der Waals surface area contributed by atoms with Gasteiger partial charge in [0.1, 0.15) is 5.82 Å². The van der Waals surface area contributed by atoms with Crippen LogP contribution >= 0.6 is 15.9 Å². The van der Waals surface area contributed by atoms with E-state index in [4.69, 9.17) is 5.73 Å². The Hall–Kier alpha value is -1.39. The number of aryl methyl sites for hydroxylation is 1. The number of pyridine rings is 1. The highest BCUT2D eigenvalue weighted by Gasteiger charge is 2.18. The number of nitrogens with two attached hydrogens (primary N) is 1. The predicted molar refractivity (Wildman–Crippen MR) is 87.7 cm³/mol. The van der Waals surface area contributed by atoms with Gasteiger partial charge in [0.15, 0.2) is 0 Å². The monoisotopic (exact) mass is 333 g/mol. The number of rotatable bonds is 5. The highest BCUT2D eigenvalue weighted by Crippen LogP contribution is 2.31. The molecule has 0 aliphatic heterocycles. The van der Waals surface area contributed by atoms with E-state index in [-0.39, 0.29) is 6.04 Å². The summed E-state index contributed by atoms with van der Waals surface area (Å²) >= 11 is 3.66. The first-order valence-electron chi connectivity index (χ1n) is 6.83. The van der Waals surface area contributed by atoms with E-state index in [1.165, 1.54) is 11.1 Å². The van der Waals surface area contributed by atoms with Crippen LogP contribution < -0.4 is 11.1 Å². The molecule has 1 unspecified atom stereocenters. The normalized spacial score (nSPS) is 12.3. The minimum atomic E-state index is 0.0543. The van der Waals surface area contributed by atoms with Crippen LogP contribution in [0.2, 0.25) is 0 Å². The van der Waals surface area contributed by atoms with Crippen molar-refractivity contribution >= 4 is 21.7 Å². The van der Waals surface area contributed by atoms with Gasteiger partial charge in [0.05, 0.1) is 6.04 Å². The van der Waals surface area contributed by atoms with Gasteiger partial charge in [-0.1, -0.05) is 41.1 Å². The largest absolute Gasteiger partial charge is 0.383 e. The molecule has 0 radical (unpaired) electrons. The topological polar surface area (TPSA) is 50.9 Å². The summed E-state index contributed by atoms with van der Waals surface area (Å²) in [7, 11) is 0. The highest BCUT2D eigenvalue weighted by atomic mass is 79.9. The van der Waals surface area contributed by atoms with Crippen LogP contribution in [0.1, 0.15) is 36.1 Å². The van der Waals surface area contributed by atoms with Crippen molar-refractivity contribution in [1.29, 1.82) is 0 Å². The van der Waals surface area contributed by atoms with E-state index >= 15 is 0 Å². The summed E-state index contributed by atoms with van der Waals surface area (Å²) in [4.78, 5) is 4.20. The molecular formula is C16H20BrN3. The molecule has 0 saturated carbocycles. The SMILES string of the molecule is CCCNC(c1ccc(C)cc1Br)c1cccnc1N. The van der Waals surface area contributed by atoms with E-state index in [1.54, 1.807) is 6.20 Å². The smallest absolute Gasteiger partial charge is 0.128 e. The van der Waals surface area contributed by atoms with Crippen LogP contribution in [-0.2, 0) is 0 Å². The van der Waals surface area contributed by atoms with Gasteiger partial charge in [-0.3, -0.25) is 0 Å². The van der Waals surface area contributed by atoms with E-state index in [0.717, 1.165) is 23.0 Å². The first-order valence-corrected chi connectivity index (χ1v) is 7.62. The molecule has 3 N–H and O–H groups in total. The Balaban J connectivity index is 2.44. The van der Waals surface area contributed by atoms with Crippen molar-refractivity contribution in [3.8, 4) is 0 Å². The molecule has 2 aromatic rings. The Labute approximate surface area is 128 Å². The second-order valence-corrected chi connectivity index (χ2v) is 5.74. The summed E-state index contributed by atoms with van der Waals surface area (Å²) in [5, 5.41) is 3.55. The molecule has 0 aliphatic rings. The molecule has 2 rings (SSSR count). The van der Waals surface area contributed by atoms with Crippen LogP contribution in [0.15, 0.2) is 41.0 Å². The lowest BCUT2D eigenvalue weighted by Crippen LogP contribution is -2.24. The van der Waals surface area contributed by atoms with E-state index in [2.05, 4.69) is 58.3 Å². The highest BCUT2D eigenvalue weighted by molar-refractivity contribution is 9.10. The van der Waals surface area contributed by atoms with Crippen LogP contribution in [0.4, 0.5) is 5.82 Å². The summed E-state index contributed by atoms with van der Waals surface area (Å²) in [5.74, 6) is 0.577. The molecule has 3 nitrogen and oxygen atoms in total. The average molecular weight is 334 g/mol. The molecule has 1 atom stereocenters. The molecule has 0 aliphatic carbocycles. The molecule has 1 heterocycles. The summed E-state index contributed by atoms with van der Waals surface area (Å²) in [5.41, 5.74) is 9.48. The van der Waals surface area contributed by atoms with E-state index in [1.807, 2.05) is 12.1 Å². The molecule has 0 amide bonds. The standard InChI is InChI=1S/C16H20BrN3/c1-3-8-19-15(13-5-4-9-20-16(13)18)12-7-6-11(2)10-14(12)17/h4-7,9-10,15,19H,3,8H2,1-2H3,(H2,18,20).